The van der Waals surface area contributed by atoms with Gasteiger partial charge < -0.3 is 5.32 Å². The van der Waals surface area contributed by atoms with Crippen molar-refractivity contribution in [1.29, 1.82) is 0 Å². The van der Waals surface area contributed by atoms with Crippen molar-refractivity contribution in [3.05, 3.63) is 83.4 Å². The highest BCUT2D eigenvalue weighted by Crippen LogP contribution is 2.25. The van der Waals surface area contributed by atoms with Crippen LogP contribution in [-0.4, -0.2) is 34.7 Å². The number of hydrogen-bond acceptors (Lipinski definition) is 4. The monoisotopic (exact) mass is 446 g/mol. The molecule has 4 rings (SSSR count). The van der Waals surface area contributed by atoms with Gasteiger partial charge in [0.15, 0.2) is 0 Å². The van der Waals surface area contributed by atoms with Crippen molar-refractivity contribution in [2.75, 3.05) is 6.54 Å². The number of carbonyl (C=O) groups excluding carboxylic acids is 1. The highest BCUT2D eigenvalue weighted by molar-refractivity contribution is 7.89. The van der Waals surface area contributed by atoms with Crippen LogP contribution in [0.5, 0.6) is 0 Å². The van der Waals surface area contributed by atoms with Crippen LogP contribution in [0.25, 0.3) is 0 Å². The molecule has 1 aliphatic heterocycles. The van der Waals surface area contributed by atoms with Gasteiger partial charge in [-0.25, -0.2) is 13.4 Å². The van der Waals surface area contributed by atoms with Crippen molar-refractivity contribution >= 4 is 15.9 Å². The number of nitrogens with zero attached hydrogens (tertiary/aromatic N) is 3. The summed E-state index contributed by atoms with van der Waals surface area (Å²) < 4.78 is 54.1. The Kier molecular flexibility index (Phi) is 5.84. The lowest BCUT2D eigenvalue weighted by Crippen LogP contribution is -2.36. The number of imidazole rings is 1. The predicted molar refractivity (Wildman–Crippen MR) is 109 cm³/mol. The van der Waals surface area contributed by atoms with E-state index in [1.165, 1.54) is 34.8 Å². The van der Waals surface area contributed by atoms with Gasteiger partial charge in [-0.05, 0) is 35.7 Å². The molecule has 1 aliphatic rings. The molecule has 1 N–H and O–H groups in total. The zero-order valence-corrected chi connectivity index (χ0v) is 17.2. The molecule has 31 heavy (non-hydrogen) atoms. The standard InChI is InChI=1S/C21H20F2N4O3S/c22-21(23)27-11-9-24-19(27)13-25-20(28)16-6-3-7-18(12-16)31(29,30)26-10-8-15-4-1-2-5-17(15)14-26/h1-7,9,11-12,21H,8,10,13-14H2,(H,25,28). The Morgan fingerprint density at radius 3 is 2.68 bits per heavy atom. The molecule has 2 heterocycles. The van der Waals surface area contributed by atoms with Crippen molar-refractivity contribution in [3.63, 3.8) is 0 Å². The van der Waals surface area contributed by atoms with Crippen molar-refractivity contribution in [1.82, 2.24) is 19.2 Å². The summed E-state index contributed by atoms with van der Waals surface area (Å²) in [5.41, 5.74) is 2.21. The summed E-state index contributed by atoms with van der Waals surface area (Å²) in [7, 11) is -3.80. The SMILES string of the molecule is O=C(NCc1nccn1C(F)F)c1cccc(S(=O)(=O)N2CCc3ccccc3C2)c1. The third-order valence-corrected chi connectivity index (χ3v) is 7.04. The molecule has 1 aromatic heterocycles. The first kappa shape index (κ1) is 21.1. The fraction of sp³-hybridized carbons (Fsp3) is 0.238. The van der Waals surface area contributed by atoms with Crippen molar-refractivity contribution < 1.29 is 22.0 Å². The summed E-state index contributed by atoms with van der Waals surface area (Å²) in [5, 5.41) is 2.50. The van der Waals surface area contributed by atoms with E-state index in [1.54, 1.807) is 0 Å². The minimum Gasteiger partial charge on any atom is -0.345 e. The Morgan fingerprint density at radius 1 is 1.13 bits per heavy atom. The van der Waals surface area contributed by atoms with E-state index in [-0.39, 0.29) is 29.4 Å². The Bertz CT molecular complexity index is 1210. The quantitative estimate of drug-likeness (QED) is 0.631. The van der Waals surface area contributed by atoms with Crippen LogP contribution in [0.15, 0.2) is 65.8 Å². The zero-order valence-electron chi connectivity index (χ0n) is 16.4. The lowest BCUT2D eigenvalue weighted by molar-refractivity contribution is 0.0660. The van der Waals surface area contributed by atoms with Gasteiger partial charge in [-0.2, -0.15) is 13.1 Å². The smallest absolute Gasteiger partial charge is 0.319 e. The van der Waals surface area contributed by atoms with Crippen LogP contribution in [0.4, 0.5) is 8.78 Å². The highest BCUT2D eigenvalue weighted by Gasteiger charge is 2.28. The van der Waals surface area contributed by atoms with Gasteiger partial charge in [-0.3, -0.25) is 9.36 Å². The number of sulfonamides is 1. The number of amides is 1. The molecule has 2 aromatic carbocycles. The number of carbonyl (C=O) groups is 1. The molecule has 0 fully saturated rings. The summed E-state index contributed by atoms with van der Waals surface area (Å²) in [5.74, 6) is -0.580. The van der Waals surface area contributed by atoms with E-state index in [9.17, 15) is 22.0 Å². The molecule has 162 valence electrons. The van der Waals surface area contributed by atoms with Crippen LogP contribution in [0.1, 0.15) is 33.9 Å². The third kappa shape index (κ3) is 4.35. The van der Waals surface area contributed by atoms with Gasteiger partial charge in [0.05, 0.1) is 11.4 Å². The summed E-state index contributed by atoms with van der Waals surface area (Å²) in [6.45, 7) is -2.36. The maximum Gasteiger partial charge on any atom is 0.319 e. The van der Waals surface area contributed by atoms with Gasteiger partial charge >= 0.3 is 6.55 Å². The Hall–Kier alpha value is -3.11. The first-order valence-corrected chi connectivity index (χ1v) is 11.1. The first-order chi connectivity index (χ1) is 14.9. The van der Waals surface area contributed by atoms with Gasteiger partial charge in [-0.15, -0.1) is 0 Å². The van der Waals surface area contributed by atoms with E-state index in [0.717, 1.165) is 17.3 Å². The van der Waals surface area contributed by atoms with Crippen LogP contribution in [0.3, 0.4) is 0 Å². The molecular weight excluding hydrogens is 426 g/mol. The molecule has 0 saturated heterocycles. The van der Waals surface area contributed by atoms with Gasteiger partial charge in [-0.1, -0.05) is 30.3 Å². The Labute approximate surface area is 178 Å². The fourth-order valence-electron chi connectivity index (χ4n) is 3.54. The molecule has 0 saturated carbocycles. The minimum atomic E-state index is -3.80. The summed E-state index contributed by atoms with van der Waals surface area (Å²) in [6.07, 6.45) is 2.96. The van der Waals surface area contributed by atoms with Crippen LogP contribution in [-0.2, 0) is 29.5 Å². The summed E-state index contributed by atoms with van der Waals surface area (Å²) in [6, 6.07) is 13.4. The lowest BCUT2D eigenvalue weighted by atomic mass is 10.0. The van der Waals surface area contributed by atoms with E-state index in [1.807, 2.05) is 24.3 Å². The lowest BCUT2D eigenvalue weighted by Gasteiger charge is -2.28. The fourth-order valence-corrected chi connectivity index (χ4v) is 5.01. The highest BCUT2D eigenvalue weighted by atomic mass is 32.2. The molecule has 0 unspecified atom stereocenters. The largest absolute Gasteiger partial charge is 0.345 e. The molecular formula is C21H20F2N4O3S. The van der Waals surface area contributed by atoms with E-state index in [0.29, 0.717) is 17.5 Å². The van der Waals surface area contributed by atoms with Gasteiger partial charge in [0, 0.05) is 31.0 Å². The Balaban J connectivity index is 1.50. The number of nitrogens with one attached hydrogen (secondary N) is 1. The molecule has 0 radical (unpaired) electrons. The van der Waals surface area contributed by atoms with Gasteiger partial charge in [0.25, 0.3) is 5.91 Å². The third-order valence-electron chi connectivity index (χ3n) is 5.20. The number of halogens is 2. The van der Waals surface area contributed by atoms with Crippen molar-refractivity contribution in [3.8, 4) is 0 Å². The average molecular weight is 446 g/mol. The average Bonchev–Trinajstić information content (AvgIpc) is 3.26. The molecule has 10 heteroatoms. The number of rotatable bonds is 6. The number of alkyl halides is 2. The zero-order chi connectivity index (χ0) is 22.0. The van der Waals surface area contributed by atoms with Gasteiger partial charge in [0.1, 0.15) is 5.82 Å². The second-order valence-corrected chi connectivity index (χ2v) is 9.03. The second-order valence-electron chi connectivity index (χ2n) is 7.10. The van der Waals surface area contributed by atoms with Crippen molar-refractivity contribution in [2.45, 2.75) is 31.0 Å². The molecule has 0 atom stereocenters. The summed E-state index contributed by atoms with van der Waals surface area (Å²) >= 11 is 0. The summed E-state index contributed by atoms with van der Waals surface area (Å²) in [4.78, 5) is 16.3. The van der Waals surface area contributed by atoms with Gasteiger partial charge in [0.2, 0.25) is 10.0 Å². The minimum absolute atomic E-state index is 0.000826. The number of aromatic nitrogens is 2. The van der Waals surface area contributed by atoms with Crippen LogP contribution in [0.2, 0.25) is 0 Å². The van der Waals surface area contributed by atoms with Crippen LogP contribution < -0.4 is 5.32 Å². The second kappa shape index (κ2) is 8.56. The number of fused-ring (bicyclic) bond motifs is 1. The molecule has 7 nitrogen and oxygen atoms in total. The molecule has 0 bridgehead atoms. The molecule has 0 spiro atoms. The number of benzene rings is 2. The molecule has 1 amide bonds. The first-order valence-electron chi connectivity index (χ1n) is 9.61. The van der Waals surface area contributed by atoms with Crippen LogP contribution in [0, 0.1) is 0 Å². The maximum atomic E-state index is 13.1. The predicted octanol–water partition coefficient (Wildman–Crippen LogP) is 2.96. The Morgan fingerprint density at radius 2 is 1.90 bits per heavy atom. The maximum absolute atomic E-state index is 13.1. The number of hydrogen-bond donors (Lipinski definition) is 1. The van der Waals surface area contributed by atoms with Crippen molar-refractivity contribution in [2.24, 2.45) is 0 Å². The van der Waals surface area contributed by atoms with E-state index < -0.39 is 22.5 Å². The van der Waals surface area contributed by atoms with E-state index >= 15 is 0 Å². The molecule has 3 aromatic rings. The topological polar surface area (TPSA) is 84.3 Å². The van der Waals surface area contributed by atoms with Crippen LogP contribution >= 0.6 is 0 Å². The van der Waals surface area contributed by atoms with E-state index in [4.69, 9.17) is 0 Å². The van der Waals surface area contributed by atoms with E-state index in [2.05, 4.69) is 10.3 Å². The normalized spacial score (nSPS) is 14.4. The molecule has 0 aliphatic carbocycles.